The monoisotopic (exact) mass is 248 g/mol. The van der Waals surface area contributed by atoms with Crippen LogP contribution in [-0.2, 0) is 0 Å². The highest BCUT2D eigenvalue weighted by Crippen LogP contribution is 2.34. The Kier molecular flexibility index (Phi) is 5.76. The molecule has 0 heterocycles. The summed E-state index contributed by atoms with van der Waals surface area (Å²) in [6.07, 6.45) is 3.74. The van der Waals surface area contributed by atoms with Crippen molar-refractivity contribution in [2.75, 3.05) is 5.75 Å². The van der Waals surface area contributed by atoms with Gasteiger partial charge in [-0.2, -0.15) is 0 Å². The maximum Gasteiger partial charge on any atom is 0.0556 e. The smallest absolute Gasteiger partial charge is 0.0556 e. The Morgan fingerprint density at radius 2 is 1.79 bits per heavy atom. The van der Waals surface area contributed by atoms with Crippen LogP contribution in [0.1, 0.15) is 26.2 Å². The summed E-state index contributed by atoms with van der Waals surface area (Å²) in [5.41, 5.74) is 0. The van der Waals surface area contributed by atoms with Gasteiger partial charge >= 0.3 is 0 Å². The van der Waals surface area contributed by atoms with Crippen molar-refractivity contribution < 1.29 is 0 Å². The van der Waals surface area contributed by atoms with Gasteiger partial charge in [-0.3, -0.25) is 0 Å². The molecule has 1 rings (SSSR count). The molecule has 3 heteroatoms. The summed E-state index contributed by atoms with van der Waals surface area (Å²) < 4.78 is 0. The van der Waals surface area contributed by atoms with Crippen molar-refractivity contribution >= 4 is 35.0 Å². The van der Waals surface area contributed by atoms with Gasteiger partial charge in [-0.15, -0.1) is 11.8 Å². The molecule has 0 aliphatic carbocycles. The normalized spacial score (nSPS) is 10.5. The number of hydrogen-bond acceptors (Lipinski definition) is 1. The molecule has 0 amide bonds. The summed E-state index contributed by atoms with van der Waals surface area (Å²) in [5.74, 6) is 1.09. The third-order valence-corrected chi connectivity index (χ3v) is 3.99. The van der Waals surface area contributed by atoms with E-state index >= 15 is 0 Å². The van der Waals surface area contributed by atoms with E-state index in [0.29, 0.717) is 0 Å². The zero-order valence-corrected chi connectivity index (χ0v) is 10.6. The molecule has 0 nitrogen and oxygen atoms in total. The van der Waals surface area contributed by atoms with Crippen molar-refractivity contribution in [2.24, 2.45) is 0 Å². The number of hydrogen-bond donors (Lipinski definition) is 0. The van der Waals surface area contributed by atoms with E-state index < -0.39 is 0 Å². The highest BCUT2D eigenvalue weighted by atomic mass is 35.5. The fourth-order valence-corrected chi connectivity index (χ4v) is 2.84. The first kappa shape index (κ1) is 12.2. The zero-order valence-electron chi connectivity index (χ0n) is 8.22. The van der Waals surface area contributed by atoms with Crippen LogP contribution in [0, 0.1) is 0 Å². The van der Waals surface area contributed by atoms with E-state index in [-0.39, 0.29) is 0 Å². The Labute approximate surface area is 100.0 Å². The van der Waals surface area contributed by atoms with Crippen LogP contribution >= 0.6 is 35.0 Å². The van der Waals surface area contributed by atoms with E-state index in [4.69, 9.17) is 23.2 Å². The van der Waals surface area contributed by atoms with Gasteiger partial charge in [0.25, 0.3) is 0 Å². The number of rotatable bonds is 5. The lowest BCUT2D eigenvalue weighted by atomic mass is 10.3. The summed E-state index contributed by atoms with van der Waals surface area (Å²) in [6, 6.07) is 5.64. The van der Waals surface area contributed by atoms with Crippen molar-refractivity contribution in [3.05, 3.63) is 28.2 Å². The molecular weight excluding hydrogens is 235 g/mol. The van der Waals surface area contributed by atoms with Crippen LogP contribution in [0.4, 0.5) is 0 Å². The van der Waals surface area contributed by atoms with Gasteiger partial charge in [0.05, 0.1) is 10.0 Å². The summed E-state index contributed by atoms with van der Waals surface area (Å²) >= 11 is 13.8. The lowest BCUT2D eigenvalue weighted by molar-refractivity contribution is 0.778. The first-order valence-electron chi connectivity index (χ1n) is 4.82. The minimum atomic E-state index is 0.763. The van der Waals surface area contributed by atoms with Crippen molar-refractivity contribution in [1.82, 2.24) is 0 Å². The summed E-state index contributed by atoms with van der Waals surface area (Å²) in [4.78, 5) is 1.02. The molecule has 0 saturated heterocycles. The SMILES string of the molecule is CCCCCSc1c(Cl)cccc1Cl. The molecule has 1 aromatic carbocycles. The van der Waals surface area contributed by atoms with Gasteiger partial charge in [-0.05, 0) is 24.3 Å². The van der Waals surface area contributed by atoms with E-state index in [1.807, 2.05) is 18.2 Å². The van der Waals surface area contributed by atoms with E-state index in [0.717, 1.165) is 20.7 Å². The molecule has 0 bridgehead atoms. The van der Waals surface area contributed by atoms with Crippen molar-refractivity contribution in [3.63, 3.8) is 0 Å². The average Bonchev–Trinajstić information content (AvgIpc) is 2.16. The first-order valence-corrected chi connectivity index (χ1v) is 6.56. The van der Waals surface area contributed by atoms with Gasteiger partial charge in [0, 0.05) is 4.90 Å². The van der Waals surface area contributed by atoms with E-state index in [1.54, 1.807) is 11.8 Å². The average molecular weight is 249 g/mol. The standard InChI is InChI=1S/C11H14Cl2S/c1-2-3-4-8-14-11-9(12)6-5-7-10(11)13/h5-7H,2-4,8H2,1H3. The molecule has 0 unspecified atom stereocenters. The van der Waals surface area contributed by atoms with Gasteiger partial charge < -0.3 is 0 Å². The van der Waals surface area contributed by atoms with Crippen LogP contribution in [0.3, 0.4) is 0 Å². The molecule has 0 N–H and O–H groups in total. The van der Waals surface area contributed by atoms with Gasteiger partial charge in [-0.1, -0.05) is 49.0 Å². The first-order chi connectivity index (χ1) is 6.75. The maximum absolute atomic E-state index is 6.04. The molecule has 0 aliphatic rings. The third-order valence-electron chi connectivity index (χ3n) is 1.91. The minimum absolute atomic E-state index is 0.763. The predicted molar refractivity (Wildman–Crippen MR) is 66.7 cm³/mol. The summed E-state index contributed by atoms with van der Waals surface area (Å²) in [7, 11) is 0. The van der Waals surface area contributed by atoms with E-state index in [9.17, 15) is 0 Å². The second-order valence-corrected chi connectivity index (χ2v) is 5.03. The Balaban J connectivity index is 2.49. The molecule has 0 aliphatic heterocycles. The van der Waals surface area contributed by atoms with Crippen LogP contribution in [0.2, 0.25) is 10.0 Å². The van der Waals surface area contributed by atoms with Crippen LogP contribution < -0.4 is 0 Å². The van der Waals surface area contributed by atoms with Crippen LogP contribution in [0.5, 0.6) is 0 Å². The van der Waals surface area contributed by atoms with Gasteiger partial charge in [0.1, 0.15) is 0 Å². The van der Waals surface area contributed by atoms with Crippen molar-refractivity contribution in [1.29, 1.82) is 0 Å². The highest BCUT2D eigenvalue weighted by molar-refractivity contribution is 7.99. The fraction of sp³-hybridized carbons (Fsp3) is 0.455. The predicted octanol–water partition coefficient (Wildman–Crippen LogP) is 5.28. The van der Waals surface area contributed by atoms with Crippen molar-refractivity contribution in [3.8, 4) is 0 Å². The van der Waals surface area contributed by atoms with Gasteiger partial charge in [-0.25, -0.2) is 0 Å². The van der Waals surface area contributed by atoms with Crippen LogP contribution in [-0.4, -0.2) is 5.75 Å². The Bertz CT molecular complexity index is 266. The van der Waals surface area contributed by atoms with Crippen LogP contribution in [0.25, 0.3) is 0 Å². The lowest BCUT2D eigenvalue weighted by Crippen LogP contribution is -1.82. The third kappa shape index (κ3) is 3.72. The second kappa shape index (κ2) is 6.60. The fourth-order valence-electron chi connectivity index (χ4n) is 1.15. The summed E-state index contributed by atoms with van der Waals surface area (Å²) in [5, 5.41) is 1.53. The molecular formula is C11H14Cl2S. The highest BCUT2D eigenvalue weighted by Gasteiger charge is 2.04. The van der Waals surface area contributed by atoms with Crippen LogP contribution in [0.15, 0.2) is 23.1 Å². The molecule has 0 aromatic heterocycles. The molecule has 1 aromatic rings. The largest absolute Gasteiger partial charge is 0.123 e. The van der Waals surface area contributed by atoms with Gasteiger partial charge in [0.15, 0.2) is 0 Å². The van der Waals surface area contributed by atoms with Gasteiger partial charge in [0.2, 0.25) is 0 Å². The Hall–Kier alpha value is 0.150. The number of halogens is 2. The topological polar surface area (TPSA) is 0 Å². The molecule has 0 atom stereocenters. The number of benzene rings is 1. The maximum atomic E-state index is 6.04. The Morgan fingerprint density at radius 3 is 2.36 bits per heavy atom. The molecule has 14 heavy (non-hydrogen) atoms. The second-order valence-electron chi connectivity index (χ2n) is 3.11. The van der Waals surface area contributed by atoms with E-state index in [1.165, 1.54) is 19.3 Å². The Morgan fingerprint density at radius 1 is 1.14 bits per heavy atom. The molecule has 78 valence electrons. The number of unbranched alkanes of at least 4 members (excludes halogenated alkanes) is 2. The molecule has 0 radical (unpaired) electrons. The van der Waals surface area contributed by atoms with Crippen molar-refractivity contribution in [2.45, 2.75) is 31.1 Å². The summed E-state index contributed by atoms with van der Waals surface area (Å²) in [6.45, 7) is 2.20. The molecule has 0 spiro atoms. The zero-order chi connectivity index (χ0) is 10.4. The molecule has 0 saturated carbocycles. The molecule has 0 fully saturated rings. The van der Waals surface area contributed by atoms with E-state index in [2.05, 4.69) is 6.92 Å². The number of thioether (sulfide) groups is 1. The lowest BCUT2D eigenvalue weighted by Gasteiger charge is -2.05. The minimum Gasteiger partial charge on any atom is -0.123 e. The quantitative estimate of drug-likeness (QED) is 0.505.